The number of ether oxygens (including phenoxy) is 2. The van der Waals surface area contributed by atoms with Crippen molar-refractivity contribution in [1.82, 2.24) is 0 Å². The first kappa shape index (κ1) is 18.8. The number of aliphatic hydroxyl groups is 3. The van der Waals surface area contributed by atoms with E-state index < -0.39 is 30.6 Å². The molecule has 8 heteroatoms. The number of carbonyl (C=O) groups is 1. The van der Waals surface area contributed by atoms with E-state index in [0.29, 0.717) is 5.56 Å². The summed E-state index contributed by atoms with van der Waals surface area (Å²) >= 11 is 0. The molecular formula is C13H18CaO7. The molecule has 0 aromatic heterocycles. The first-order valence-corrected chi connectivity index (χ1v) is 6.08. The quantitative estimate of drug-likeness (QED) is 0.494. The van der Waals surface area contributed by atoms with E-state index in [2.05, 4.69) is 0 Å². The molecule has 0 bridgehead atoms. The Morgan fingerprint density at radius 2 is 1.81 bits per heavy atom. The van der Waals surface area contributed by atoms with Crippen molar-refractivity contribution >= 4 is 43.7 Å². The predicted octanol–water partition coefficient (Wildman–Crippen LogP) is -1.58. The van der Waals surface area contributed by atoms with Gasteiger partial charge in [-0.25, -0.2) is 4.79 Å². The van der Waals surface area contributed by atoms with Crippen LogP contribution in [0.5, 0.6) is 0 Å². The Balaban J connectivity index is 0.00000220. The van der Waals surface area contributed by atoms with Crippen LogP contribution in [-0.4, -0.2) is 95.3 Å². The molecule has 1 heterocycles. The van der Waals surface area contributed by atoms with Gasteiger partial charge in [0.25, 0.3) is 0 Å². The van der Waals surface area contributed by atoms with Crippen molar-refractivity contribution in [3.05, 3.63) is 35.4 Å². The SMILES string of the molecule is O=C(O)c1ccc(CO[C@H]2OC[C@@H](O)[C@H](O)[C@H]2O)cc1.[CaH2]. The van der Waals surface area contributed by atoms with Gasteiger partial charge in [-0.2, -0.15) is 0 Å². The summed E-state index contributed by atoms with van der Waals surface area (Å²) in [7, 11) is 0. The Morgan fingerprint density at radius 1 is 1.19 bits per heavy atom. The molecule has 7 nitrogen and oxygen atoms in total. The summed E-state index contributed by atoms with van der Waals surface area (Å²) in [6.07, 6.45) is -4.83. The molecule has 4 atom stereocenters. The summed E-state index contributed by atoms with van der Waals surface area (Å²) in [4.78, 5) is 10.7. The molecule has 0 saturated carbocycles. The minimum absolute atomic E-state index is 0. The van der Waals surface area contributed by atoms with Gasteiger partial charge < -0.3 is 29.9 Å². The summed E-state index contributed by atoms with van der Waals surface area (Å²) in [5.41, 5.74) is 0.868. The Labute approximate surface area is 151 Å². The summed E-state index contributed by atoms with van der Waals surface area (Å²) in [5.74, 6) is -1.01. The Morgan fingerprint density at radius 3 is 2.38 bits per heavy atom. The maximum absolute atomic E-state index is 10.7. The zero-order valence-corrected chi connectivity index (χ0v) is 10.5. The normalized spacial score (nSPS) is 28.7. The van der Waals surface area contributed by atoms with E-state index in [-0.39, 0.29) is 56.5 Å². The second-order valence-corrected chi connectivity index (χ2v) is 4.56. The third-order valence-corrected chi connectivity index (χ3v) is 3.07. The molecule has 1 aromatic rings. The number of carboxylic acids is 1. The van der Waals surface area contributed by atoms with Gasteiger partial charge in [-0.1, -0.05) is 12.1 Å². The van der Waals surface area contributed by atoms with Crippen LogP contribution in [-0.2, 0) is 16.1 Å². The Kier molecular flexibility index (Phi) is 7.52. The molecule has 1 aliphatic heterocycles. The van der Waals surface area contributed by atoms with Crippen molar-refractivity contribution < 1.29 is 34.7 Å². The zero-order chi connectivity index (χ0) is 14.7. The second-order valence-electron chi connectivity index (χ2n) is 4.56. The van der Waals surface area contributed by atoms with E-state index in [1.54, 1.807) is 12.1 Å². The van der Waals surface area contributed by atoms with Gasteiger partial charge in [0.05, 0.1) is 18.8 Å². The number of rotatable bonds is 4. The van der Waals surface area contributed by atoms with Gasteiger partial charge in [0.1, 0.15) is 18.3 Å². The third-order valence-electron chi connectivity index (χ3n) is 3.07. The van der Waals surface area contributed by atoms with Crippen molar-refractivity contribution in [2.45, 2.75) is 31.2 Å². The molecule has 4 N–H and O–H groups in total. The first-order valence-electron chi connectivity index (χ1n) is 6.08. The summed E-state index contributed by atoms with van der Waals surface area (Å²) in [5, 5.41) is 37.2. The van der Waals surface area contributed by atoms with Gasteiger partial charge >= 0.3 is 43.7 Å². The Bertz CT molecular complexity index is 464. The maximum atomic E-state index is 10.7. The monoisotopic (exact) mass is 326 g/mol. The molecule has 1 saturated heterocycles. The molecule has 1 fully saturated rings. The van der Waals surface area contributed by atoms with Gasteiger partial charge in [-0.15, -0.1) is 0 Å². The average Bonchev–Trinajstić information content (AvgIpc) is 2.44. The standard InChI is InChI=1S/C13H16O7.Ca.2H/c14-9-6-20-13(11(16)10(9)15)19-5-7-1-3-8(4-2-7)12(17)18;;;/h1-4,9-11,13-16H,5-6H2,(H,17,18);;;/t9-,10+,11-,13+;;;/m1.../s1. The number of benzene rings is 1. The fourth-order valence-electron chi connectivity index (χ4n) is 1.85. The molecule has 1 aliphatic rings. The third kappa shape index (κ3) is 4.87. The number of hydrogen-bond acceptors (Lipinski definition) is 6. The van der Waals surface area contributed by atoms with E-state index in [1.807, 2.05) is 0 Å². The summed E-state index contributed by atoms with van der Waals surface area (Å²) in [6.45, 7) is -0.0364. The molecule has 0 unspecified atom stereocenters. The number of aromatic carboxylic acids is 1. The van der Waals surface area contributed by atoms with Gasteiger partial charge in [-0.3, -0.25) is 0 Å². The topological polar surface area (TPSA) is 116 Å². The van der Waals surface area contributed by atoms with Crippen LogP contribution in [0.3, 0.4) is 0 Å². The van der Waals surface area contributed by atoms with Crippen LogP contribution in [0, 0.1) is 0 Å². The molecule has 0 amide bonds. The molecule has 0 aliphatic carbocycles. The van der Waals surface area contributed by atoms with Gasteiger partial charge in [0, 0.05) is 0 Å². The minimum atomic E-state index is -1.34. The van der Waals surface area contributed by atoms with E-state index in [9.17, 15) is 20.1 Å². The molecule has 2 rings (SSSR count). The van der Waals surface area contributed by atoms with Crippen LogP contribution < -0.4 is 0 Å². The molecule has 0 radical (unpaired) electrons. The van der Waals surface area contributed by atoms with Crippen LogP contribution in [0.1, 0.15) is 15.9 Å². The van der Waals surface area contributed by atoms with Crippen molar-refractivity contribution in [2.24, 2.45) is 0 Å². The predicted molar refractivity (Wildman–Crippen MR) is 74.5 cm³/mol. The van der Waals surface area contributed by atoms with Gasteiger partial charge in [-0.05, 0) is 17.7 Å². The van der Waals surface area contributed by atoms with Crippen molar-refractivity contribution in [3.63, 3.8) is 0 Å². The second kappa shape index (κ2) is 8.40. The summed E-state index contributed by atoms with van der Waals surface area (Å²) < 4.78 is 10.4. The molecular weight excluding hydrogens is 308 g/mol. The van der Waals surface area contributed by atoms with Crippen molar-refractivity contribution in [2.75, 3.05) is 6.61 Å². The van der Waals surface area contributed by atoms with Gasteiger partial charge in [0.2, 0.25) is 0 Å². The zero-order valence-electron chi connectivity index (χ0n) is 10.5. The molecule has 21 heavy (non-hydrogen) atoms. The van der Waals surface area contributed by atoms with Crippen LogP contribution in [0.25, 0.3) is 0 Å². The number of aliphatic hydroxyl groups excluding tert-OH is 3. The van der Waals surface area contributed by atoms with Crippen LogP contribution in [0.4, 0.5) is 0 Å². The summed E-state index contributed by atoms with van der Waals surface area (Å²) in [6, 6.07) is 6.06. The molecule has 0 spiro atoms. The van der Waals surface area contributed by atoms with E-state index in [4.69, 9.17) is 14.6 Å². The molecule has 1 aromatic carbocycles. The fourth-order valence-corrected chi connectivity index (χ4v) is 1.85. The molecule has 114 valence electrons. The average molecular weight is 326 g/mol. The Hall–Kier alpha value is -0.250. The fraction of sp³-hybridized carbons (Fsp3) is 0.462. The van der Waals surface area contributed by atoms with Crippen molar-refractivity contribution in [3.8, 4) is 0 Å². The van der Waals surface area contributed by atoms with E-state index >= 15 is 0 Å². The van der Waals surface area contributed by atoms with Crippen LogP contribution >= 0.6 is 0 Å². The first-order chi connectivity index (χ1) is 9.49. The van der Waals surface area contributed by atoms with Crippen molar-refractivity contribution in [1.29, 1.82) is 0 Å². The van der Waals surface area contributed by atoms with Gasteiger partial charge in [0.15, 0.2) is 6.29 Å². The van der Waals surface area contributed by atoms with Crippen LogP contribution in [0.15, 0.2) is 24.3 Å². The number of carboxylic acid groups (broad SMARTS) is 1. The van der Waals surface area contributed by atoms with E-state index in [1.165, 1.54) is 12.1 Å². The number of hydrogen-bond donors (Lipinski definition) is 4. The van der Waals surface area contributed by atoms with Crippen LogP contribution in [0.2, 0.25) is 0 Å². The van der Waals surface area contributed by atoms with E-state index in [0.717, 1.165) is 0 Å².